The number of hydrogen-bond donors (Lipinski definition) is 0. The Morgan fingerprint density at radius 1 is 1.07 bits per heavy atom. The fourth-order valence-electron chi connectivity index (χ4n) is 4.76. The molecule has 0 radical (unpaired) electrons. The second-order valence-electron chi connectivity index (χ2n) is 8.43. The standard InChI is InChI=1S/C24H30ClN3O/c1-18(29)27-14-11-23(12-15-27)28-13-3-4-20(17-28)24-6-2-5-22(26-24)16-19-7-9-21(25)10-8-19/h2,5-10,20,23H,3-4,11-17H2,1H3/t20-/m1/s1. The van der Waals surface area contributed by atoms with E-state index in [0.717, 1.165) is 49.6 Å². The average molecular weight is 412 g/mol. The Morgan fingerprint density at radius 3 is 2.55 bits per heavy atom. The van der Waals surface area contributed by atoms with Crippen molar-refractivity contribution in [3.8, 4) is 0 Å². The van der Waals surface area contributed by atoms with Crippen molar-refractivity contribution in [2.45, 2.75) is 51.0 Å². The third-order valence-electron chi connectivity index (χ3n) is 6.42. The quantitative estimate of drug-likeness (QED) is 0.742. The maximum Gasteiger partial charge on any atom is 0.219 e. The van der Waals surface area contributed by atoms with E-state index in [2.05, 4.69) is 35.2 Å². The first-order valence-corrected chi connectivity index (χ1v) is 11.2. The Kier molecular flexibility index (Phi) is 6.51. The highest BCUT2D eigenvalue weighted by Gasteiger charge is 2.30. The van der Waals surface area contributed by atoms with Crippen LogP contribution in [0.5, 0.6) is 0 Å². The van der Waals surface area contributed by atoms with E-state index in [0.29, 0.717) is 12.0 Å². The van der Waals surface area contributed by atoms with Crippen molar-refractivity contribution >= 4 is 17.5 Å². The molecule has 2 saturated heterocycles. The third kappa shape index (κ3) is 5.18. The number of likely N-dealkylation sites (tertiary alicyclic amines) is 2. The lowest BCUT2D eigenvalue weighted by atomic mass is 9.91. The molecule has 0 N–H and O–H groups in total. The van der Waals surface area contributed by atoms with Gasteiger partial charge in [0.05, 0.1) is 0 Å². The Labute approximate surface area is 178 Å². The molecule has 2 aliphatic heterocycles. The minimum absolute atomic E-state index is 0.210. The van der Waals surface area contributed by atoms with Gasteiger partial charge in [-0.3, -0.25) is 14.7 Å². The molecule has 1 aromatic carbocycles. The molecular weight excluding hydrogens is 382 g/mol. The van der Waals surface area contributed by atoms with Crippen LogP contribution in [-0.4, -0.2) is 52.9 Å². The monoisotopic (exact) mass is 411 g/mol. The molecule has 5 heteroatoms. The zero-order valence-corrected chi connectivity index (χ0v) is 17.9. The van der Waals surface area contributed by atoms with Gasteiger partial charge in [0.1, 0.15) is 0 Å². The summed E-state index contributed by atoms with van der Waals surface area (Å²) in [4.78, 5) is 21.3. The number of halogens is 1. The van der Waals surface area contributed by atoms with Gasteiger partial charge in [-0.2, -0.15) is 0 Å². The number of pyridine rings is 1. The molecule has 1 atom stereocenters. The van der Waals surface area contributed by atoms with E-state index in [-0.39, 0.29) is 5.91 Å². The number of rotatable bonds is 4. The van der Waals surface area contributed by atoms with Gasteiger partial charge in [0.2, 0.25) is 5.91 Å². The number of aromatic nitrogens is 1. The lowest BCUT2D eigenvalue weighted by Gasteiger charge is -2.42. The van der Waals surface area contributed by atoms with Crippen LogP contribution >= 0.6 is 11.6 Å². The van der Waals surface area contributed by atoms with E-state index in [1.165, 1.54) is 30.6 Å². The molecule has 154 valence electrons. The zero-order chi connectivity index (χ0) is 20.2. The summed E-state index contributed by atoms with van der Waals surface area (Å²) >= 11 is 6.00. The van der Waals surface area contributed by atoms with Crippen molar-refractivity contribution in [2.75, 3.05) is 26.2 Å². The molecule has 0 unspecified atom stereocenters. The van der Waals surface area contributed by atoms with Crippen LogP contribution in [0.15, 0.2) is 42.5 Å². The number of amides is 1. The number of carbonyl (C=O) groups is 1. The summed E-state index contributed by atoms with van der Waals surface area (Å²) in [5.74, 6) is 0.710. The Morgan fingerprint density at radius 2 is 1.83 bits per heavy atom. The fourth-order valence-corrected chi connectivity index (χ4v) is 4.89. The van der Waals surface area contributed by atoms with Crippen LogP contribution in [0, 0.1) is 0 Å². The summed E-state index contributed by atoms with van der Waals surface area (Å²) in [6.07, 6.45) is 5.46. The fraction of sp³-hybridized carbons (Fsp3) is 0.500. The van der Waals surface area contributed by atoms with E-state index in [1.807, 2.05) is 17.0 Å². The largest absolute Gasteiger partial charge is 0.343 e. The lowest BCUT2D eigenvalue weighted by Crippen LogP contribution is -2.49. The van der Waals surface area contributed by atoms with Crippen LogP contribution in [0.1, 0.15) is 55.5 Å². The number of carbonyl (C=O) groups excluding carboxylic acids is 1. The smallest absolute Gasteiger partial charge is 0.219 e. The van der Waals surface area contributed by atoms with E-state index < -0.39 is 0 Å². The molecule has 0 spiro atoms. The number of nitrogens with zero attached hydrogens (tertiary/aromatic N) is 3. The first-order valence-electron chi connectivity index (χ1n) is 10.8. The van der Waals surface area contributed by atoms with Crippen molar-refractivity contribution in [1.29, 1.82) is 0 Å². The van der Waals surface area contributed by atoms with Gasteiger partial charge < -0.3 is 4.90 Å². The van der Waals surface area contributed by atoms with Crippen molar-refractivity contribution in [3.05, 3.63) is 64.4 Å². The van der Waals surface area contributed by atoms with E-state index >= 15 is 0 Å². The summed E-state index contributed by atoms with van der Waals surface area (Å²) in [6, 6.07) is 15.1. The predicted molar refractivity (Wildman–Crippen MR) is 117 cm³/mol. The first kappa shape index (κ1) is 20.4. The van der Waals surface area contributed by atoms with Crippen molar-refractivity contribution < 1.29 is 4.79 Å². The minimum atomic E-state index is 0.210. The van der Waals surface area contributed by atoms with Crippen LogP contribution in [0.4, 0.5) is 0 Å². The summed E-state index contributed by atoms with van der Waals surface area (Å²) < 4.78 is 0. The van der Waals surface area contributed by atoms with Gasteiger partial charge in [0.25, 0.3) is 0 Å². The lowest BCUT2D eigenvalue weighted by molar-refractivity contribution is -0.130. The maximum atomic E-state index is 11.6. The Hall–Kier alpha value is -1.91. The van der Waals surface area contributed by atoms with Crippen molar-refractivity contribution in [1.82, 2.24) is 14.8 Å². The number of piperidine rings is 2. The summed E-state index contributed by atoms with van der Waals surface area (Å²) in [6.45, 7) is 5.74. The molecule has 2 aliphatic rings. The Balaban J connectivity index is 1.39. The third-order valence-corrected chi connectivity index (χ3v) is 6.68. The molecule has 1 aromatic heterocycles. The van der Waals surface area contributed by atoms with Crippen LogP contribution in [0.25, 0.3) is 0 Å². The number of hydrogen-bond acceptors (Lipinski definition) is 3. The van der Waals surface area contributed by atoms with Crippen LogP contribution in [-0.2, 0) is 11.2 Å². The highest BCUT2D eigenvalue weighted by molar-refractivity contribution is 6.30. The van der Waals surface area contributed by atoms with Crippen LogP contribution in [0.3, 0.4) is 0 Å². The van der Waals surface area contributed by atoms with Gasteiger partial charge >= 0.3 is 0 Å². The van der Waals surface area contributed by atoms with E-state index in [4.69, 9.17) is 16.6 Å². The molecule has 0 aliphatic carbocycles. The highest BCUT2D eigenvalue weighted by atomic mass is 35.5. The molecule has 2 fully saturated rings. The first-order chi connectivity index (χ1) is 14.1. The Bertz CT molecular complexity index is 830. The predicted octanol–water partition coefficient (Wildman–Crippen LogP) is 4.52. The summed E-state index contributed by atoms with van der Waals surface area (Å²) in [5.41, 5.74) is 3.58. The van der Waals surface area contributed by atoms with Crippen molar-refractivity contribution in [3.63, 3.8) is 0 Å². The maximum absolute atomic E-state index is 11.6. The van der Waals surface area contributed by atoms with Crippen LogP contribution < -0.4 is 0 Å². The summed E-state index contributed by atoms with van der Waals surface area (Å²) in [7, 11) is 0. The molecule has 29 heavy (non-hydrogen) atoms. The summed E-state index contributed by atoms with van der Waals surface area (Å²) in [5, 5.41) is 0.770. The van der Waals surface area contributed by atoms with Gasteiger partial charge in [-0.25, -0.2) is 0 Å². The second-order valence-corrected chi connectivity index (χ2v) is 8.86. The van der Waals surface area contributed by atoms with Gasteiger partial charge in [-0.1, -0.05) is 29.8 Å². The molecule has 3 heterocycles. The van der Waals surface area contributed by atoms with Gasteiger partial charge in [0, 0.05) is 61.3 Å². The van der Waals surface area contributed by atoms with Gasteiger partial charge in [-0.05, 0) is 62.1 Å². The molecule has 2 aromatic rings. The van der Waals surface area contributed by atoms with E-state index in [1.54, 1.807) is 6.92 Å². The number of benzene rings is 1. The van der Waals surface area contributed by atoms with Gasteiger partial charge in [-0.15, -0.1) is 0 Å². The van der Waals surface area contributed by atoms with Crippen molar-refractivity contribution in [2.24, 2.45) is 0 Å². The van der Waals surface area contributed by atoms with E-state index in [9.17, 15) is 4.79 Å². The zero-order valence-electron chi connectivity index (χ0n) is 17.2. The highest BCUT2D eigenvalue weighted by Crippen LogP contribution is 2.29. The van der Waals surface area contributed by atoms with Crippen LogP contribution in [0.2, 0.25) is 5.02 Å². The minimum Gasteiger partial charge on any atom is -0.343 e. The topological polar surface area (TPSA) is 36.4 Å². The average Bonchev–Trinajstić information content (AvgIpc) is 2.76. The SMILES string of the molecule is CC(=O)N1CCC(N2CCC[C@@H](c3cccc(Cc4ccc(Cl)cc4)n3)C2)CC1. The molecule has 0 saturated carbocycles. The molecule has 0 bridgehead atoms. The van der Waals surface area contributed by atoms with Gasteiger partial charge in [0.15, 0.2) is 0 Å². The second kappa shape index (κ2) is 9.27. The normalized spacial score (nSPS) is 21.3. The molecule has 4 rings (SSSR count). The molecule has 1 amide bonds. The molecular formula is C24H30ClN3O. The molecule has 4 nitrogen and oxygen atoms in total.